The van der Waals surface area contributed by atoms with E-state index in [9.17, 15) is 14.4 Å². The largest absolute Gasteiger partial charge is 0.362 e. The molecule has 0 spiro atoms. The van der Waals surface area contributed by atoms with E-state index in [1.54, 1.807) is 6.92 Å². The molecule has 0 fully saturated rings. The Morgan fingerprint density at radius 2 is 1.71 bits per heavy atom. The van der Waals surface area contributed by atoms with Crippen LogP contribution in [-0.4, -0.2) is 49.7 Å². The van der Waals surface area contributed by atoms with Crippen molar-refractivity contribution in [2.45, 2.75) is 39.8 Å². The number of ether oxygens (including phenoxy) is 1. The van der Waals surface area contributed by atoms with Gasteiger partial charge < -0.3 is 26.4 Å². The highest BCUT2D eigenvalue weighted by atomic mass is 16.5. The summed E-state index contributed by atoms with van der Waals surface area (Å²) in [6.07, 6.45) is 0. The molecule has 0 rings (SSSR count). The zero-order chi connectivity index (χ0) is 16.4. The zero-order valence-electron chi connectivity index (χ0n) is 13.1. The van der Waals surface area contributed by atoms with Crippen LogP contribution in [0, 0.1) is 5.92 Å². The maximum atomic E-state index is 11.7. The van der Waals surface area contributed by atoms with Gasteiger partial charge in [-0.05, 0) is 19.8 Å². The second kappa shape index (κ2) is 10.1. The van der Waals surface area contributed by atoms with Crippen molar-refractivity contribution >= 4 is 17.7 Å². The van der Waals surface area contributed by atoms with E-state index in [0.29, 0.717) is 6.61 Å². The highest BCUT2D eigenvalue weighted by Gasteiger charge is 2.22. The first-order valence-electron chi connectivity index (χ1n) is 6.97. The van der Waals surface area contributed by atoms with E-state index >= 15 is 0 Å². The lowest BCUT2D eigenvalue weighted by atomic mass is 10.0. The summed E-state index contributed by atoms with van der Waals surface area (Å²) in [5.74, 6) is -1.24. The van der Waals surface area contributed by atoms with Crippen LogP contribution < -0.4 is 21.7 Å². The van der Waals surface area contributed by atoms with Gasteiger partial charge in [0, 0.05) is 6.61 Å². The van der Waals surface area contributed by atoms with Crippen LogP contribution in [-0.2, 0) is 19.1 Å². The Morgan fingerprint density at radius 1 is 1.10 bits per heavy atom. The van der Waals surface area contributed by atoms with Gasteiger partial charge in [0.05, 0.1) is 12.6 Å². The molecule has 0 aromatic carbocycles. The predicted octanol–water partition coefficient (Wildman–Crippen LogP) is -1.30. The number of nitrogens with one attached hydrogen (secondary N) is 3. The number of hydrogen-bond acceptors (Lipinski definition) is 5. The van der Waals surface area contributed by atoms with Gasteiger partial charge in [0.2, 0.25) is 17.7 Å². The van der Waals surface area contributed by atoms with Gasteiger partial charge in [-0.25, -0.2) is 0 Å². The third-order valence-corrected chi connectivity index (χ3v) is 2.77. The average Bonchev–Trinajstić information content (AvgIpc) is 2.43. The molecule has 0 radical (unpaired) electrons. The number of carbonyl (C=O) groups excluding carboxylic acids is 3. The van der Waals surface area contributed by atoms with Crippen LogP contribution in [0.1, 0.15) is 27.7 Å². The van der Waals surface area contributed by atoms with Crippen molar-refractivity contribution in [2.75, 3.05) is 19.9 Å². The number of nitrogens with two attached hydrogens (primary N) is 1. The molecule has 0 aliphatic rings. The molecule has 122 valence electrons. The summed E-state index contributed by atoms with van der Waals surface area (Å²) in [4.78, 5) is 34.8. The van der Waals surface area contributed by atoms with Gasteiger partial charge in [-0.2, -0.15) is 0 Å². The highest BCUT2D eigenvalue weighted by Crippen LogP contribution is 1.98. The molecule has 5 N–H and O–H groups in total. The Bertz CT molecular complexity index is 360. The lowest BCUT2D eigenvalue weighted by molar-refractivity contribution is -0.131. The summed E-state index contributed by atoms with van der Waals surface area (Å²) in [6.45, 7) is 7.38. The van der Waals surface area contributed by atoms with Crippen molar-refractivity contribution in [1.29, 1.82) is 0 Å². The third kappa shape index (κ3) is 8.26. The fourth-order valence-electron chi connectivity index (χ4n) is 1.29. The molecule has 0 saturated carbocycles. The van der Waals surface area contributed by atoms with Gasteiger partial charge in [0.25, 0.3) is 0 Å². The van der Waals surface area contributed by atoms with Crippen LogP contribution in [0.25, 0.3) is 0 Å². The molecule has 21 heavy (non-hydrogen) atoms. The second-order valence-corrected chi connectivity index (χ2v) is 4.95. The molecule has 0 saturated heterocycles. The Morgan fingerprint density at radius 3 is 2.24 bits per heavy atom. The Kier molecular flexibility index (Phi) is 9.31. The molecule has 8 heteroatoms. The van der Waals surface area contributed by atoms with Crippen molar-refractivity contribution in [3.8, 4) is 0 Å². The number of hydrogen-bond donors (Lipinski definition) is 4. The molecule has 0 aliphatic carbocycles. The minimum atomic E-state index is -0.762. The lowest BCUT2D eigenvalue weighted by Crippen LogP contribution is -2.52. The van der Waals surface area contributed by atoms with E-state index in [2.05, 4.69) is 16.0 Å². The summed E-state index contributed by atoms with van der Waals surface area (Å²) in [6, 6.07) is -1.43. The maximum absolute atomic E-state index is 11.7. The van der Waals surface area contributed by atoms with Crippen LogP contribution in [0.5, 0.6) is 0 Å². The summed E-state index contributed by atoms with van der Waals surface area (Å²) < 4.78 is 4.94. The van der Waals surface area contributed by atoms with Gasteiger partial charge >= 0.3 is 0 Å². The fourth-order valence-corrected chi connectivity index (χ4v) is 1.29. The number of amides is 3. The third-order valence-electron chi connectivity index (χ3n) is 2.77. The van der Waals surface area contributed by atoms with E-state index in [1.807, 2.05) is 13.8 Å². The molecule has 0 aromatic rings. The van der Waals surface area contributed by atoms with Crippen LogP contribution in [0.3, 0.4) is 0 Å². The normalized spacial score (nSPS) is 13.4. The molecular weight excluding hydrogens is 276 g/mol. The van der Waals surface area contributed by atoms with E-state index < -0.39 is 23.9 Å². The van der Waals surface area contributed by atoms with Crippen LogP contribution >= 0.6 is 0 Å². The smallest absolute Gasteiger partial charge is 0.242 e. The van der Waals surface area contributed by atoms with Crippen molar-refractivity contribution in [3.05, 3.63) is 0 Å². The van der Waals surface area contributed by atoms with E-state index in [4.69, 9.17) is 10.5 Å². The van der Waals surface area contributed by atoms with E-state index in [1.165, 1.54) is 6.92 Å². The minimum absolute atomic E-state index is 0.0235. The predicted molar refractivity (Wildman–Crippen MR) is 78.1 cm³/mol. The molecule has 2 unspecified atom stereocenters. The topological polar surface area (TPSA) is 123 Å². The minimum Gasteiger partial charge on any atom is -0.362 e. The monoisotopic (exact) mass is 302 g/mol. The summed E-state index contributed by atoms with van der Waals surface area (Å²) >= 11 is 0. The fraction of sp³-hybridized carbons (Fsp3) is 0.769. The van der Waals surface area contributed by atoms with Crippen molar-refractivity contribution in [1.82, 2.24) is 16.0 Å². The van der Waals surface area contributed by atoms with Gasteiger partial charge in [0.15, 0.2) is 0 Å². The molecular formula is C13H26N4O4. The number of rotatable bonds is 9. The Balaban J connectivity index is 4.05. The van der Waals surface area contributed by atoms with Crippen LogP contribution in [0.4, 0.5) is 0 Å². The summed E-state index contributed by atoms with van der Waals surface area (Å²) in [5.41, 5.74) is 5.68. The zero-order valence-corrected chi connectivity index (χ0v) is 13.1. The molecule has 0 heterocycles. The van der Waals surface area contributed by atoms with Gasteiger partial charge in [-0.1, -0.05) is 13.8 Å². The van der Waals surface area contributed by atoms with E-state index in [0.717, 1.165) is 0 Å². The van der Waals surface area contributed by atoms with Crippen molar-refractivity contribution < 1.29 is 19.1 Å². The van der Waals surface area contributed by atoms with Crippen molar-refractivity contribution in [3.63, 3.8) is 0 Å². The SMILES string of the molecule is CCOCNC(=O)CNC(=O)C(C)NC(=O)C(N)C(C)C. The molecule has 2 atom stereocenters. The van der Waals surface area contributed by atoms with Crippen LogP contribution in [0.15, 0.2) is 0 Å². The first kappa shape index (κ1) is 19.3. The first-order valence-corrected chi connectivity index (χ1v) is 6.97. The number of carbonyl (C=O) groups is 3. The molecule has 0 aliphatic heterocycles. The standard InChI is InChI=1S/C13H26N4O4/c1-5-21-7-16-10(18)6-15-12(19)9(4)17-13(20)11(14)8(2)3/h8-9,11H,5-7,14H2,1-4H3,(H,15,19)(H,16,18)(H,17,20). The Labute approximate surface area is 125 Å². The van der Waals surface area contributed by atoms with Gasteiger partial charge in [-0.3, -0.25) is 14.4 Å². The Hall–Kier alpha value is -1.67. The van der Waals surface area contributed by atoms with E-state index in [-0.39, 0.29) is 25.1 Å². The van der Waals surface area contributed by atoms with Crippen LogP contribution in [0.2, 0.25) is 0 Å². The molecule has 0 aromatic heterocycles. The quantitative estimate of drug-likeness (QED) is 0.311. The molecule has 0 bridgehead atoms. The second-order valence-electron chi connectivity index (χ2n) is 4.95. The summed E-state index contributed by atoms with van der Waals surface area (Å²) in [7, 11) is 0. The first-order chi connectivity index (χ1) is 9.79. The van der Waals surface area contributed by atoms with Gasteiger partial charge in [0.1, 0.15) is 12.8 Å². The highest BCUT2D eigenvalue weighted by molar-refractivity contribution is 5.91. The maximum Gasteiger partial charge on any atom is 0.242 e. The average molecular weight is 302 g/mol. The van der Waals surface area contributed by atoms with Crippen molar-refractivity contribution in [2.24, 2.45) is 11.7 Å². The molecule has 8 nitrogen and oxygen atoms in total. The molecule has 3 amide bonds. The lowest BCUT2D eigenvalue weighted by Gasteiger charge is -2.19. The summed E-state index contributed by atoms with van der Waals surface area (Å²) in [5, 5.41) is 7.39. The van der Waals surface area contributed by atoms with Gasteiger partial charge in [-0.15, -0.1) is 0 Å².